The molecule has 0 unspecified atom stereocenters. The van der Waals surface area contributed by atoms with Gasteiger partial charge in [0.1, 0.15) is 6.04 Å². The monoisotopic (exact) mass is 459 g/mol. The molecule has 0 spiro atoms. The summed E-state index contributed by atoms with van der Waals surface area (Å²) in [6, 6.07) is 14.3. The quantitative estimate of drug-likeness (QED) is 0.684. The number of likely N-dealkylation sites (N-methyl/N-ethyl adjacent to an activating group) is 1. The van der Waals surface area contributed by atoms with Crippen molar-refractivity contribution >= 4 is 27.5 Å². The lowest BCUT2D eigenvalue weighted by Gasteiger charge is -2.27. The van der Waals surface area contributed by atoms with E-state index in [9.17, 15) is 18.0 Å². The summed E-state index contributed by atoms with van der Waals surface area (Å²) in [6.07, 6.45) is 0. The van der Waals surface area contributed by atoms with Crippen molar-refractivity contribution in [3.63, 3.8) is 0 Å². The molecule has 1 N–H and O–H groups in total. The summed E-state index contributed by atoms with van der Waals surface area (Å²) >= 11 is 0. The number of nitrogens with zero attached hydrogens (tertiary/aromatic N) is 2. The number of carbonyl (C=O) groups is 2. The Balaban J connectivity index is 1.79. The maximum atomic E-state index is 13.1. The second-order valence-electron chi connectivity index (χ2n) is 7.97. The number of hydrogen-bond acceptors (Lipinski definition) is 5. The zero-order valence-electron chi connectivity index (χ0n) is 18.5. The Hall–Kier alpha value is -2.75. The zero-order chi connectivity index (χ0) is 23.3. The van der Waals surface area contributed by atoms with Crippen LogP contribution in [0.2, 0.25) is 0 Å². The van der Waals surface area contributed by atoms with Gasteiger partial charge in [0.2, 0.25) is 15.9 Å². The van der Waals surface area contributed by atoms with Gasteiger partial charge in [0.15, 0.2) is 0 Å². The molecule has 0 bridgehead atoms. The van der Waals surface area contributed by atoms with Gasteiger partial charge < -0.3 is 15.0 Å². The molecule has 2 aromatic rings. The summed E-state index contributed by atoms with van der Waals surface area (Å²) in [5.74, 6) is -0.924. The predicted molar refractivity (Wildman–Crippen MR) is 122 cm³/mol. The minimum Gasteiger partial charge on any atom is -0.379 e. The van der Waals surface area contributed by atoms with Crippen LogP contribution in [-0.4, -0.2) is 63.9 Å². The number of rotatable bonds is 7. The molecule has 1 atom stereocenters. The number of sulfonamides is 1. The third kappa shape index (κ3) is 5.35. The van der Waals surface area contributed by atoms with Crippen LogP contribution in [0.25, 0.3) is 0 Å². The highest BCUT2D eigenvalue weighted by atomic mass is 32.2. The lowest BCUT2D eigenvalue weighted by Crippen LogP contribution is -2.50. The van der Waals surface area contributed by atoms with Crippen molar-refractivity contribution < 1.29 is 22.7 Å². The molecule has 3 rings (SSSR count). The zero-order valence-corrected chi connectivity index (χ0v) is 19.3. The molecule has 1 fully saturated rings. The average Bonchev–Trinajstić information content (AvgIpc) is 2.82. The number of hydrogen-bond donors (Lipinski definition) is 1. The van der Waals surface area contributed by atoms with E-state index in [2.05, 4.69) is 5.32 Å². The van der Waals surface area contributed by atoms with Crippen molar-refractivity contribution in [3.05, 3.63) is 60.2 Å². The average molecular weight is 460 g/mol. The molecule has 9 heteroatoms. The van der Waals surface area contributed by atoms with Gasteiger partial charge in [-0.1, -0.05) is 38.1 Å². The lowest BCUT2D eigenvalue weighted by atomic mass is 10.0. The smallest absolute Gasteiger partial charge is 0.251 e. The van der Waals surface area contributed by atoms with Crippen LogP contribution in [-0.2, 0) is 19.6 Å². The fraction of sp³-hybridized carbons (Fsp3) is 0.391. The number of nitrogens with one attached hydrogen (secondary N) is 1. The van der Waals surface area contributed by atoms with Gasteiger partial charge in [0.25, 0.3) is 5.91 Å². The summed E-state index contributed by atoms with van der Waals surface area (Å²) in [7, 11) is -2.07. The Bertz CT molecular complexity index is 1050. The molecule has 1 heterocycles. The maximum Gasteiger partial charge on any atom is 0.251 e. The highest BCUT2D eigenvalue weighted by molar-refractivity contribution is 7.89. The van der Waals surface area contributed by atoms with E-state index in [1.165, 1.54) is 33.5 Å². The first kappa shape index (κ1) is 23.9. The molecule has 1 saturated heterocycles. The summed E-state index contributed by atoms with van der Waals surface area (Å²) in [5.41, 5.74) is 0.899. The molecule has 1 aliphatic rings. The number of anilines is 1. The molecular weight excluding hydrogens is 430 g/mol. The van der Waals surface area contributed by atoms with Crippen LogP contribution >= 0.6 is 0 Å². The minimum atomic E-state index is -3.73. The van der Waals surface area contributed by atoms with E-state index >= 15 is 0 Å². The molecule has 0 radical (unpaired) electrons. The van der Waals surface area contributed by atoms with Gasteiger partial charge in [-0.25, -0.2) is 8.42 Å². The van der Waals surface area contributed by atoms with Crippen molar-refractivity contribution in [2.24, 2.45) is 5.92 Å². The first-order chi connectivity index (χ1) is 15.2. The molecule has 0 aromatic heterocycles. The van der Waals surface area contributed by atoms with Gasteiger partial charge in [0, 0.05) is 31.4 Å². The van der Waals surface area contributed by atoms with Crippen LogP contribution in [0.1, 0.15) is 24.2 Å². The minimum absolute atomic E-state index is 0.0425. The Kier molecular flexibility index (Phi) is 7.65. The van der Waals surface area contributed by atoms with Crippen LogP contribution in [0.15, 0.2) is 59.5 Å². The van der Waals surface area contributed by atoms with E-state index in [0.717, 1.165) is 5.69 Å². The molecule has 0 aliphatic carbocycles. The molecule has 0 saturated carbocycles. The van der Waals surface area contributed by atoms with Crippen molar-refractivity contribution in [1.29, 1.82) is 0 Å². The predicted octanol–water partition coefficient (Wildman–Crippen LogP) is 2.12. The normalized spacial score (nSPS) is 15.9. The maximum absolute atomic E-state index is 13.1. The van der Waals surface area contributed by atoms with Gasteiger partial charge >= 0.3 is 0 Å². The van der Waals surface area contributed by atoms with Crippen LogP contribution in [0, 0.1) is 5.92 Å². The number of ether oxygens (including phenoxy) is 1. The van der Waals surface area contributed by atoms with Crippen LogP contribution < -0.4 is 10.2 Å². The van der Waals surface area contributed by atoms with Crippen LogP contribution in [0.4, 0.5) is 5.69 Å². The SMILES string of the molecule is CC(C)[C@H](NC(=O)c1cccc(S(=O)(=O)N2CCOCC2)c1)C(=O)N(C)c1ccccc1. The van der Waals surface area contributed by atoms with Crippen molar-refractivity contribution in [2.75, 3.05) is 38.3 Å². The van der Waals surface area contributed by atoms with Gasteiger partial charge in [-0.15, -0.1) is 0 Å². The number of amides is 2. The van der Waals surface area contributed by atoms with Crippen molar-refractivity contribution in [1.82, 2.24) is 9.62 Å². The van der Waals surface area contributed by atoms with Crippen molar-refractivity contribution in [2.45, 2.75) is 24.8 Å². The van der Waals surface area contributed by atoms with E-state index < -0.39 is 22.0 Å². The number of benzene rings is 2. The summed E-state index contributed by atoms with van der Waals surface area (Å²) in [5, 5.41) is 2.78. The first-order valence-corrected chi connectivity index (χ1v) is 12.0. The number of carbonyl (C=O) groups excluding carboxylic acids is 2. The molecule has 32 heavy (non-hydrogen) atoms. The van der Waals surface area contributed by atoms with E-state index in [-0.39, 0.29) is 35.4 Å². The third-order valence-electron chi connectivity index (χ3n) is 5.40. The third-order valence-corrected chi connectivity index (χ3v) is 7.29. The number of para-hydroxylation sites is 1. The van der Waals surface area contributed by atoms with Gasteiger partial charge in [-0.05, 0) is 36.2 Å². The standard InChI is InChI=1S/C23H29N3O5S/c1-17(2)21(23(28)25(3)19-9-5-4-6-10-19)24-22(27)18-8-7-11-20(16-18)32(29,30)26-12-14-31-15-13-26/h4-11,16-17,21H,12-15H2,1-3H3,(H,24,27)/t21-/m0/s1. The largest absolute Gasteiger partial charge is 0.379 e. The van der Waals surface area contributed by atoms with Crippen molar-refractivity contribution in [3.8, 4) is 0 Å². The first-order valence-electron chi connectivity index (χ1n) is 10.5. The fourth-order valence-corrected chi connectivity index (χ4v) is 4.91. The molecule has 1 aliphatic heterocycles. The summed E-state index contributed by atoms with van der Waals surface area (Å²) in [6.45, 7) is 4.92. The molecular formula is C23H29N3O5S. The Morgan fingerprint density at radius 2 is 1.69 bits per heavy atom. The fourth-order valence-electron chi connectivity index (χ4n) is 3.46. The highest BCUT2D eigenvalue weighted by Gasteiger charge is 2.30. The molecule has 172 valence electrons. The second kappa shape index (κ2) is 10.2. The molecule has 2 amide bonds. The van der Waals surface area contributed by atoms with Gasteiger partial charge in [0.05, 0.1) is 18.1 Å². The van der Waals surface area contributed by atoms with E-state index in [1.807, 2.05) is 44.2 Å². The molecule has 2 aromatic carbocycles. The van der Waals surface area contributed by atoms with E-state index in [0.29, 0.717) is 13.2 Å². The van der Waals surface area contributed by atoms with Gasteiger partial charge in [-0.2, -0.15) is 4.31 Å². The Morgan fingerprint density at radius 3 is 2.31 bits per heavy atom. The summed E-state index contributed by atoms with van der Waals surface area (Å²) in [4.78, 5) is 27.6. The highest BCUT2D eigenvalue weighted by Crippen LogP contribution is 2.19. The molecule has 8 nitrogen and oxygen atoms in total. The van der Waals surface area contributed by atoms with Crippen LogP contribution in [0.3, 0.4) is 0 Å². The van der Waals surface area contributed by atoms with Gasteiger partial charge in [-0.3, -0.25) is 9.59 Å². The Morgan fingerprint density at radius 1 is 1.03 bits per heavy atom. The van der Waals surface area contributed by atoms with E-state index in [1.54, 1.807) is 7.05 Å². The topological polar surface area (TPSA) is 96.0 Å². The van der Waals surface area contributed by atoms with E-state index in [4.69, 9.17) is 4.74 Å². The Labute approximate surface area is 189 Å². The number of morpholine rings is 1. The lowest BCUT2D eigenvalue weighted by molar-refractivity contribution is -0.121. The second-order valence-corrected chi connectivity index (χ2v) is 9.91. The van der Waals surface area contributed by atoms with Crippen LogP contribution in [0.5, 0.6) is 0 Å². The summed E-state index contributed by atoms with van der Waals surface area (Å²) < 4.78 is 32.4.